The molecule has 1 aliphatic heterocycles. The summed E-state index contributed by atoms with van der Waals surface area (Å²) >= 11 is 5.98. The largest absolute Gasteiger partial charge is 0.465 e. The van der Waals surface area contributed by atoms with E-state index in [1.54, 1.807) is 0 Å². The second-order valence-corrected chi connectivity index (χ2v) is 7.45. The second-order valence-electron chi connectivity index (χ2n) is 5.33. The highest BCUT2D eigenvalue weighted by molar-refractivity contribution is 7.89. The molecule has 2 N–H and O–H groups in total. The van der Waals surface area contributed by atoms with Crippen LogP contribution in [0, 0.1) is 5.92 Å². The molecule has 1 aromatic rings. The minimum atomic E-state index is -3.69. The van der Waals surface area contributed by atoms with Crippen molar-refractivity contribution < 1.29 is 17.9 Å². The van der Waals surface area contributed by atoms with Crippen LogP contribution < -0.4 is 10.0 Å². The number of hydrogen-bond acceptors (Lipinski definition) is 5. The Morgan fingerprint density at radius 3 is 2.70 bits per heavy atom. The molecule has 0 amide bonds. The summed E-state index contributed by atoms with van der Waals surface area (Å²) in [5, 5.41) is 3.21. The van der Waals surface area contributed by atoms with E-state index < -0.39 is 16.0 Å². The number of methoxy groups -OCH3 is 1. The standard InChI is InChI=1S/C14H19ClN2O4S.ClH/c1-9-5-6-16-8-13(9)17-22(19,20)10-3-4-11(12(15)7-10)14(18)21-2;/h3-4,7,9,13,16-17H,5-6,8H2,1-2H3;1H. The fraction of sp³-hybridized carbons (Fsp3) is 0.500. The third-order valence-electron chi connectivity index (χ3n) is 3.79. The molecule has 0 spiro atoms. The van der Waals surface area contributed by atoms with Gasteiger partial charge in [0.05, 0.1) is 22.6 Å². The van der Waals surface area contributed by atoms with Crippen LogP contribution in [0.25, 0.3) is 0 Å². The predicted molar refractivity (Wildman–Crippen MR) is 90.8 cm³/mol. The maximum atomic E-state index is 12.4. The van der Waals surface area contributed by atoms with Gasteiger partial charge in [0, 0.05) is 12.6 Å². The highest BCUT2D eigenvalue weighted by Gasteiger charge is 2.27. The van der Waals surface area contributed by atoms with E-state index in [0.717, 1.165) is 13.0 Å². The number of sulfonamides is 1. The number of halogens is 2. The SMILES string of the molecule is COC(=O)c1ccc(S(=O)(=O)NC2CNCCC2C)cc1Cl.Cl. The maximum absolute atomic E-state index is 12.4. The highest BCUT2D eigenvalue weighted by atomic mass is 35.5. The van der Waals surface area contributed by atoms with Gasteiger partial charge < -0.3 is 10.1 Å². The van der Waals surface area contributed by atoms with Crippen LogP contribution in [0.1, 0.15) is 23.7 Å². The minimum absolute atomic E-state index is 0. The first-order valence-electron chi connectivity index (χ1n) is 6.96. The summed E-state index contributed by atoms with van der Waals surface area (Å²) in [5.41, 5.74) is 0.135. The van der Waals surface area contributed by atoms with Crippen LogP contribution in [0.2, 0.25) is 5.02 Å². The van der Waals surface area contributed by atoms with Crippen molar-refractivity contribution >= 4 is 40.0 Å². The van der Waals surface area contributed by atoms with Gasteiger partial charge in [-0.25, -0.2) is 17.9 Å². The molecule has 1 aromatic carbocycles. The Kier molecular flexibility index (Phi) is 7.29. The Labute approximate surface area is 147 Å². The van der Waals surface area contributed by atoms with Gasteiger partial charge in [-0.3, -0.25) is 0 Å². The van der Waals surface area contributed by atoms with E-state index in [9.17, 15) is 13.2 Å². The molecular formula is C14H20Cl2N2O4S. The third kappa shape index (κ3) is 4.81. The molecular weight excluding hydrogens is 363 g/mol. The molecule has 2 rings (SSSR count). The predicted octanol–water partition coefficient (Wildman–Crippen LogP) is 1.82. The third-order valence-corrected chi connectivity index (χ3v) is 5.59. The molecule has 2 atom stereocenters. The Balaban J connectivity index is 0.00000264. The zero-order valence-corrected chi connectivity index (χ0v) is 15.2. The summed E-state index contributed by atoms with van der Waals surface area (Å²) in [6, 6.07) is 3.79. The first kappa shape index (κ1) is 20.2. The van der Waals surface area contributed by atoms with E-state index in [2.05, 4.69) is 14.8 Å². The number of nitrogens with one attached hydrogen (secondary N) is 2. The first-order valence-corrected chi connectivity index (χ1v) is 8.82. The van der Waals surface area contributed by atoms with E-state index >= 15 is 0 Å². The Bertz CT molecular complexity index is 667. The molecule has 0 bridgehead atoms. The second kappa shape index (κ2) is 8.30. The number of esters is 1. The van der Waals surface area contributed by atoms with Gasteiger partial charge in [0.25, 0.3) is 0 Å². The van der Waals surface area contributed by atoms with Gasteiger partial charge in [0.1, 0.15) is 0 Å². The normalized spacial score (nSPS) is 21.3. The van der Waals surface area contributed by atoms with Gasteiger partial charge in [-0.2, -0.15) is 0 Å². The summed E-state index contributed by atoms with van der Waals surface area (Å²) in [4.78, 5) is 11.5. The Morgan fingerprint density at radius 2 is 2.13 bits per heavy atom. The van der Waals surface area contributed by atoms with Gasteiger partial charge in [-0.05, 0) is 37.1 Å². The fourth-order valence-corrected chi connectivity index (χ4v) is 4.05. The molecule has 1 heterocycles. The van der Waals surface area contributed by atoms with E-state index in [0.29, 0.717) is 6.54 Å². The van der Waals surface area contributed by atoms with Gasteiger partial charge in [-0.15, -0.1) is 12.4 Å². The van der Waals surface area contributed by atoms with Gasteiger partial charge in [-0.1, -0.05) is 18.5 Å². The average molecular weight is 383 g/mol. The number of benzene rings is 1. The molecule has 2 unspecified atom stereocenters. The summed E-state index contributed by atoms with van der Waals surface area (Å²) in [6.07, 6.45) is 0.912. The van der Waals surface area contributed by atoms with Crippen molar-refractivity contribution in [3.05, 3.63) is 28.8 Å². The molecule has 0 aromatic heterocycles. The molecule has 9 heteroatoms. The van der Waals surface area contributed by atoms with Crippen LogP contribution in [0.5, 0.6) is 0 Å². The van der Waals surface area contributed by atoms with E-state index in [4.69, 9.17) is 11.6 Å². The van der Waals surface area contributed by atoms with Gasteiger partial charge in [0.15, 0.2) is 0 Å². The number of rotatable bonds is 4. The van der Waals surface area contributed by atoms with Crippen LogP contribution in [0.4, 0.5) is 0 Å². The highest BCUT2D eigenvalue weighted by Crippen LogP contribution is 2.22. The van der Waals surface area contributed by atoms with Crippen LogP contribution >= 0.6 is 24.0 Å². The monoisotopic (exact) mass is 382 g/mol. The van der Waals surface area contributed by atoms with Crippen LogP contribution in [-0.2, 0) is 14.8 Å². The molecule has 130 valence electrons. The first-order chi connectivity index (χ1) is 10.3. The number of hydrogen-bond donors (Lipinski definition) is 2. The fourth-order valence-electron chi connectivity index (χ4n) is 2.35. The number of carbonyl (C=O) groups is 1. The summed E-state index contributed by atoms with van der Waals surface area (Å²) in [7, 11) is -2.45. The number of ether oxygens (including phenoxy) is 1. The molecule has 1 aliphatic rings. The van der Waals surface area contributed by atoms with Crippen molar-refractivity contribution in [3.63, 3.8) is 0 Å². The molecule has 1 fully saturated rings. The minimum Gasteiger partial charge on any atom is -0.465 e. The summed E-state index contributed by atoms with van der Waals surface area (Å²) in [5.74, 6) is -0.354. The molecule has 0 aliphatic carbocycles. The molecule has 0 saturated carbocycles. The quantitative estimate of drug-likeness (QED) is 0.775. The lowest BCUT2D eigenvalue weighted by Crippen LogP contribution is -2.50. The van der Waals surface area contributed by atoms with Crippen LogP contribution in [-0.4, -0.2) is 40.6 Å². The molecule has 6 nitrogen and oxygen atoms in total. The van der Waals surface area contributed by atoms with Crippen LogP contribution in [0.3, 0.4) is 0 Å². The van der Waals surface area contributed by atoms with Crippen LogP contribution in [0.15, 0.2) is 23.1 Å². The molecule has 23 heavy (non-hydrogen) atoms. The van der Waals surface area contributed by atoms with E-state index in [1.165, 1.54) is 25.3 Å². The smallest absolute Gasteiger partial charge is 0.339 e. The van der Waals surface area contributed by atoms with Crippen molar-refractivity contribution in [2.24, 2.45) is 5.92 Å². The Hall–Kier alpha value is -0.860. The van der Waals surface area contributed by atoms with E-state index in [-0.39, 0.29) is 39.8 Å². The van der Waals surface area contributed by atoms with Gasteiger partial charge in [0.2, 0.25) is 10.0 Å². The summed E-state index contributed by atoms with van der Waals surface area (Å²) < 4.78 is 32.1. The Morgan fingerprint density at radius 1 is 1.43 bits per heavy atom. The van der Waals surface area contributed by atoms with Crippen molar-refractivity contribution in [2.45, 2.75) is 24.3 Å². The van der Waals surface area contributed by atoms with Crippen molar-refractivity contribution in [3.8, 4) is 0 Å². The average Bonchev–Trinajstić information content (AvgIpc) is 2.48. The summed E-state index contributed by atoms with van der Waals surface area (Å²) in [6.45, 7) is 3.49. The number of piperidine rings is 1. The lowest BCUT2D eigenvalue weighted by atomic mass is 9.96. The number of carbonyl (C=O) groups excluding carboxylic acids is 1. The maximum Gasteiger partial charge on any atom is 0.339 e. The molecule has 0 radical (unpaired) electrons. The zero-order chi connectivity index (χ0) is 16.3. The van der Waals surface area contributed by atoms with E-state index in [1.807, 2.05) is 6.92 Å². The zero-order valence-electron chi connectivity index (χ0n) is 12.8. The lowest BCUT2D eigenvalue weighted by molar-refractivity contribution is 0.0601. The molecule has 1 saturated heterocycles. The lowest BCUT2D eigenvalue weighted by Gasteiger charge is -2.30. The van der Waals surface area contributed by atoms with Gasteiger partial charge >= 0.3 is 5.97 Å². The van der Waals surface area contributed by atoms with Crippen molar-refractivity contribution in [1.29, 1.82) is 0 Å². The topological polar surface area (TPSA) is 84.5 Å². The van der Waals surface area contributed by atoms with Crippen molar-refractivity contribution in [2.75, 3.05) is 20.2 Å². The van der Waals surface area contributed by atoms with Crippen molar-refractivity contribution in [1.82, 2.24) is 10.0 Å².